The summed E-state index contributed by atoms with van der Waals surface area (Å²) in [6, 6.07) is 43.6. The first-order chi connectivity index (χ1) is 15.8. The number of fused-ring (bicyclic) bond motifs is 3. The van der Waals surface area contributed by atoms with Crippen LogP contribution in [-0.2, 0) is 0 Å². The van der Waals surface area contributed by atoms with Crippen molar-refractivity contribution in [2.24, 2.45) is 0 Å². The molecule has 6 aromatic rings. The molecule has 0 aliphatic rings. The quantitative estimate of drug-likeness (QED) is 0.205. The summed E-state index contributed by atoms with van der Waals surface area (Å²) in [5.74, 6) is 0. The van der Waals surface area contributed by atoms with Crippen LogP contribution >= 0.6 is 22.6 Å². The fraction of sp³-hybridized carbons (Fsp3) is 0. The molecular weight excluding hydrogens is 501 g/mol. The van der Waals surface area contributed by atoms with Gasteiger partial charge in [-0.2, -0.15) is 0 Å². The summed E-state index contributed by atoms with van der Waals surface area (Å²) < 4.78 is 3.65. The standard InChI is InChI=1S/C30H20IN/c31-25-15-16-30-28(20-25)27-13-7-8-14-29(27)32(30)26-18-23(21-9-3-1-4-10-21)17-24(19-26)22-11-5-2-6-12-22/h1-20H. The molecule has 0 bridgehead atoms. The van der Waals surface area contributed by atoms with Crippen molar-refractivity contribution >= 4 is 44.4 Å². The Morgan fingerprint density at radius 3 is 1.66 bits per heavy atom. The van der Waals surface area contributed by atoms with E-state index in [0.717, 1.165) is 0 Å². The predicted molar refractivity (Wildman–Crippen MR) is 144 cm³/mol. The largest absolute Gasteiger partial charge is 0.309 e. The summed E-state index contributed by atoms with van der Waals surface area (Å²) in [5, 5.41) is 2.58. The summed E-state index contributed by atoms with van der Waals surface area (Å²) in [4.78, 5) is 0. The van der Waals surface area contributed by atoms with E-state index in [1.54, 1.807) is 0 Å². The zero-order chi connectivity index (χ0) is 21.5. The second kappa shape index (κ2) is 7.95. The fourth-order valence-corrected chi connectivity index (χ4v) is 5.05. The first-order valence-electron chi connectivity index (χ1n) is 10.7. The van der Waals surface area contributed by atoms with Crippen molar-refractivity contribution in [3.63, 3.8) is 0 Å². The third kappa shape index (κ3) is 3.32. The van der Waals surface area contributed by atoms with Crippen LogP contribution < -0.4 is 0 Å². The van der Waals surface area contributed by atoms with Gasteiger partial charge in [0.05, 0.1) is 11.0 Å². The van der Waals surface area contributed by atoms with E-state index in [2.05, 4.69) is 148 Å². The number of aromatic nitrogens is 1. The Morgan fingerprint density at radius 2 is 1.00 bits per heavy atom. The smallest absolute Gasteiger partial charge is 0.0541 e. The number of hydrogen-bond donors (Lipinski definition) is 0. The Morgan fingerprint density at radius 1 is 0.438 bits per heavy atom. The maximum atomic E-state index is 2.40. The van der Waals surface area contributed by atoms with E-state index in [1.165, 1.54) is 53.3 Å². The van der Waals surface area contributed by atoms with Crippen LogP contribution in [0.1, 0.15) is 0 Å². The Balaban J connectivity index is 1.70. The van der Waals surface area contributed by atoms with E-state index in [0.29, 0.717) is 0 Å². The summed E-state index contributed by atoms with van der Waals surface area (Å²) in [6.07, 6.45) is 0. The Labute approximate surface area is 201 Å². The number of halogens is 1. The molecule has 0 amide bonds. The van der Waals surface area contributed by atoms with Crippen molar-refractivity contribution in [3.05, 3.63) is 125 Å². The van der Waals surface area contributed by atoms with Crippen LogP contribution in [0.3, 0.4) is 0 Å². The lowest BCUT2D eigenvalue weighted by molar-refractivity contribution is 1.18. The van der Waals surface area contributed by atoms with E-state index < -0.39 is 0 Å². The van der Waals surface area contributed by atoms with Gasteiger partial charge in [-0.3, -0.25) is 0 Å². The highest BCUT2D eigenvalue weighted by atomic mass is 127. The van der Waals surface area contributed by atoms with Gasteiger partial charge in [0, 0.05) is 20.0 Å². The van der Waals surface area contributed by atoms with Crippen molar-refractivity contribution in [3.8, 4) is 27.9 Å². The van der Waals surface area contributed by atoms with Crippen molar-refractivity contribution in [1.29, 1.82) is 0 Å². The highest BCUT2D eigenvalue weighted by Gasteiger charge is 2.14. The van der Waals surface area contributed by atoms with Gasteiger partial charge in [-0.25, -0.2) is 0 Å². The van der Waals surface area contributed by atoms with Crippen LogP contribution in [0.25, 0.3) is 49.7 Å². The molecular formula is C30H20IN. The average molecular weight is 521 g/mol. The van der Waals surface area contributed by atoms with E-state index in [9.17, 15) is 0 Å². The second-order valence-corrected chi connectivity index (χ2v) is 9.26. The molecule has 0 saturated heterocycles. The van der Waals surface area contributed by atoms with Gasteiger partial charge in [0.1, 0.15) is 0 Å². The molecule has 5 aromatic carbocycles. The Hall–Kier alpha value is -3.37. The fourth-order valence-electron chi connectivity index (χ4n) is 4.56. The summed E-state index contributed by atoms with van der Waals surface area (Å²) in [6.45, 7) is 0. The lowest BCUT2D eigenvalue weighted by atomic mass is 9.98. The van der Waals surface area contributed by atoms with E-state index in [4.69, 9.17) is 0 Å². The van der Waals surface area contributed by atoms with E-state index >= 15 is 0 Å². The molecule has 6 rings (SSSR count). The third-order valence-electron chi connectivity index (χ3n) is 6.02. The Bertz CT molecular complexity index is 1510. The van der Waals surface area contributed by atoms with Crippen LogP contribution in [-0.4, -0.2) is 4.57 Å². The van der Waals surface area contributed by atoms with Gasteiger partial charge in [0.2, 0.25) is 0 Å². The second-order valence-electron chi connectivity index (χ2n) is 8.01. The van der Waals surface area contributed by atoms with Crippen LogP contribution in [0, 0.1) is 3.57 Å². The molecule has 152 valence electrons. The van der Waals surface area contributed by atoms with Gasteiger partial charge in [0.15, 0.2) is 0 Å². The molecule has 0 aliphatic heterocycles. The van der Waals surface area contributed by atoms with Gasteiger partial charge in [-0.1, -0.05) is 78.9 Å². The molecule has 0 N–H and O–H groups in total. The number of benzene rings is 5. The minimum Gasteiger partial charge on any atom is -0.309 e. The molecule has 0 atom stereocenters. The Kier molecular flexibility index (Phi) is 4.80. The maximum Gasteiger partial charge on any atom is 0.0541 e. The molecule has 0 spiro atoms. The highest BCUT2D eigenvalue weighted by molar-refractivity contribution is 14.1. The third-order valence-corrected chi connectivity index (χ3v) is 6.70. The molecule has 0 fully saturated rings. The maximum absolute atomic E-state index is 2.40. The van der Waals surface area contributed by atoms with Crippen molar-refractivity contribution < 1.29 is 0 Å². The number of para-hydroxylation sites is 1. The number of rotatable bonds is 3. The predicted octanol–water partition coefficient (Wildman–Crippen LogP) is 8.72. The minimum atomic E-state index is 1.18. The summed E-state index contributed by atoms with van der Waals surface area (Å²) >= 11 is 2.40. The molecule has 32 heavy (non-hydrogen) atoms. The van der Waals surface area contributed by atoms with Crippen molar-refractivity contribution in [2.45, 2.75) is 0 Å². The first kappa shape index (κ1) is 19.3. The first-order valence-corrected chi connectivity index (χ1v) is 11.8. The minimum absolute atomic E-state index is 1.18. The number of hydrogen-bond acceptors (Lipinski definition) is 0. The van der Waals surface area contributed by atoms with Gasteiger partial charge in [-0.05, 0) is 87.3 Å². The van der Waals surface area contributed by atoms with Gasteiger partial charge in [0.25, 0.3) is 0 Å². The summed E-state index contributed by atoms with van der Waals surface area (Å²) in [5.41, 5.74) is 8.53. The van der Waals surface area contributed by atoms with E-state index in [1.807, 2.05) is 0 Å². The van der Waals surface area contributed by atoms with Crippen molar-refractivity contribution in [2.75, 3.05) is 0 Å². The SMILES string of the molecule is Ic1ccc2c(c1)c1ccccc1n2-c1cc(-c2ccccc2)cc(-c2ccccc2)c1. The lowest BCUT2D eigenvalue weighted by Gasteiger charge is -2.14. The van der Waals surface area contributed by atoms with Gasteiger partial charge >= 0.3 is 0 Å². The number of nitrogens with zero attached hydrogens (tertiary/aromatic N) is 1. The molecule has 1 nitrogen and oxygen atoms in total. The molecule has 2 heteroatoms. The normalized spacial score (nSPS) is 11.3. The molecule has 0 radical (unpaired) electrons. The van der Waals surface area contributed by atoms with Gasteiger partial charge in [-0.15, -0.1) is 0 Å². The lowest BCUT2D eigenvalue weighted by Crippen LogP contribution is -1.96. The van der Waals surface area contributed by atoms with Crippen LogP contribution in [0.2, 0.25) is 0 Å². The van der Waals surface area contributed by atoms with Gasteiger partial charge < -0.3 is 4.57 Å². The monoisotopic (exact) mass is 521 g/mol. The molecule has 0 saturated carbocycles. The van der Waals surface area contributed by atoms with Crippen molar-refractivity contribution in [1.82, 2.24) is 4.57 Å². The molecule has 1 heterocycles. The average Bonchev–Trinajstić information content (AvgIpc) is 3.18. The molecule has 0 unspecified atom stereocenters. The molecule has 0 aliphatic carbocycles. The van der Waals surface area contributed by atoms with Crippen LogP contribution in [0.4, 0.5) is 0 Å². The zero-order valence-corrected chi connectivity index (χ0v) is 19.5. The molecule has 1 aromatic heterocycles. The highest BCUT2D eigenvalue weighted by Crippen LogP contribution is 2.36. The van der Waals surface area contributed by atoms with Crippen LogP contribution in [0.15, 0.2) is 121 Å². The zero-order valence-electron chi connectivity index (χ0n) is 17.4. The van der Waals surface area contributed by atoms with E-state index in [-0.39, 0.29) is 0 Å². The topological polar surface area (TPSA) is 4.93 Å². The van der Waals surface area contributed by atoms with Crippen LogP contribution in [0.5, 0.6) is 0 Å². The summed E-state index contributed by atoms with van der Waals surface area (Å²) in [7, 11) is 0.